The van der Waals surface area contributed by atoms with Gasteiger partial charge in [-0.15, -0.1) is 0 Å². The molecule has 0 saturated heterocycles. The Morgan fingerprint density at radius 3 is 2.79 bits per heavy atom. The fourth-order valence-corrected chi connectivity index (χ4v) is 3.17. The maximum atomic E-state index is 2.49. The molecule has 0 aromatic carbocycles. The van der Waals surface area contributed by atoms with Gasteiger partial charge in [0.1, 0.15) is 0 Å². The van der Waals surface area contributed by atoms with Crippen LogP contribution >= 0.6 is 0 Å². The molecule has 0 heteroatoms. The van der Waals surface area contributed by atoms with Gasteiger partial charge in [-0.05, 0) is 56.3 Å². The lowest BCUT2D eigenvalue weighted by Gasteiger charge is -2.37. The van der Waals surface area contributed by atoms with Gasteiger partial charge >= 0.3 is 0 Å². The molecule has 0 unspecified atom stereocenters. The first-order valence-electron chi connectivity index (χ1n) is 6.10. The molecule has 0 radical (unpaired) electrons. The van der Waals surface area contributed by atoms with Crippen LogP contribution < -0.4 is 0 Å². The van der Waals surface area contributed by atoms with Crippen molar-refractivity contribution in [3.63, 3.8) is 0 Å². The summed E-state index contributed by atoms with van der Waals surface area (Å²) in [5.74, 6) is 3.58. The van der Waals surface area contributed by atoms with Crippen molar-refractivity contribution in [3.8, 4) is 0 Å². The summed E-state index contributed by atoms with van der Waals surface area (Å²) in [7, 11) is 0. The van der Waals surface area contributed by atoms with Gasteiger partial charge in [0.25, 0.3) is 0 Å². The summed E-state index contributed by atoms with van der Waals surface area (Å²) in [5.41, 5.74) is 0. The Hall–Kier alpha value is -0.520. The smallest absolute Gasteiger partial charge is 0.0199 e. The summed E-state index contributed by atoms with van der Waals surface area (Å²) < 4.78 is 0. The van der Waals surface area contributed by atoms with Gasteiger partial charge < -0.3 is 0 Å². The van der Waals surface area contributed by atoms with E-state index in [1.807, 2.05) is 0 Å². The highest BCUT2D eigenvalue weighted by atomic mass is 14.4. The largest absolute Gasteiger partial charge is 0.0914 e. The van der Waals surface area contributed by atoms with Gasteiger partial charge in [-0.2, -0.15) is 0 Å². The van der Waals surface area contributed by atoms with E-state index in [2.05, 4.69) is 38.2 Å². The van der Waals surface area contributed by atoms with Crippen molar-refractivity contribution in [3.05, 3.63) is 24.3 Å². The molecule has 0 heterocycles. The SMILES string of the molecule is C/C=C/[C@H]1CC[C@H]2C[C@H](C)C=C[C@@H]2C1. The molecule has 2 aliphatic carbocycles. The van der Waals surface area contributed by atoms with E-state index in [4.69, 9.17) is 0 Å². The zero-order valence-corrected chi connectivity index (χ0v) is 9.45. The summed E-state index contributed by atoms with van der Waals surface area (Å²) in [6.45, 7) is 4.50. The maximum absolute atomic E-state index is 2.49. The Bertz CT molecular complexity index is 236. The van der Waals surface area contributed by atoms with Crippen LogP contribution in [0.4, 0.5) is 0 Å². The molecule has 4 atom stereocenters. The summed E-state index contributed by atoms with van der Waals surface area (Å²) in [5, 5.41) is 0. The Labute approximate surface area is 88.1 Å². The first kappa shape index (κ1) is 10.0. The highest BCUT2D eigenvalue weighted by Crippen LogP contribution is 2.41. The molecule has 14 heavy (non-hydrogen) atoms. The van der Waals surface area contributed by atoms with Crippen molar-refractivity contribution in [2.45, 2.75) is 39.5 Å². The van der Waals surface area contributed by atoms with Gasteiger partial charge in [0.05, 0.1) is 0 Å². The summed E-state index contributed by atoms with van der Waals surface area (Å²) >= 11 is 0. The Kier molecular flexibility index (Phi) is 3.10. The van der Waals surface area contributed by atoms with Crippen molar-refractivity contribution in [1.29, 1.82) is 0 Å². The maximum Gasteiger partial charge on any atom is -0.0199 e. The highest BCUT2D eigenvalue weighted by molar-refractivity contribution is 5.04. The van der Waals surface area contributed by atoms with Crippen LogP contribution in [0.15, 0.2) is 24.3 Å². The first-order valence-corrected chi connectivity index (χ1v) is 6.10. The predicted octanol–water partition coefficient (Wildman–Crippen LogP) is 4.19. The third-order valence-corrected chi connectivity index (χ3v) is 3.91. The summed E-state index contributed by atoms with van der Waals surface area (Å²) in [6.07, 6.45) is 15.3. The molecular weight excluding hydrogens is 168 g/mol. The summed E-state index contributed by atoms with van der Waals surface area (Å²) in [4.78, 5) is 0. The minimum Gasteiger partial charge on any atom is -0.0914 e. The topological polar surface area (TPSA) is 0 Å². The Morgan fingerprint density at radius 2 is 2.00 bits per heavy atom. The van der Waals surface area contributed by atoms with E-state index in [-0.39, 0.29) is 0 Å². The molecule has 0 bridgehead atoms. The minimum absolute atomic E-state index is 0.828. The van der Waals surface area contributed by atoms with E-state index in [1.54, 1.807) is 0 Å². The molecule has 0 N–H and O–H groups in total. The quantitative estimate of drug-likeness (QED) is 0.544. The Balaban J connectivity index is 1.99. The van der Waals surface area contributed by atoms with Gasteiger partial charge in [-0.25, -0.2) is 0 Å². The molecule has 2 aliphatic rings. The lowest BCUT2D eigenvalue weighted by atomic mass is 9.68. The highest BCUT2D eigenvalue weighted by Gasteiger charge is 2.30. The third kappa shape index (κ3) is 2.10. The monoisotopic (exact) mass is 190 g/mol. The summed E-state index contributed by atoms with van der Waals surface area (Å²) in [6, 6.07) is 0. The first-order chi connectivity index (χ1) is 6.79. The van der Waals surface area contributed by atoms with Crippen LogP contribution in [-0.4, -0.2) is 0 Å². The number of allylic oxidation sites excluding steroid dienone is 4. The van der Waals surface area contributed by atoms with E-state index in [9.17, 15) is 0 Å². The molecule has 0 aromatic heterocycles. The van der Waals surface area contributed by atoms with Gasteiger partial charge in [0, 0.05) is 0 Å². The van der Waals surface area contributed by atoms with Crippen molar-refractivity contribution >= 4 is 0 Å². The van der Waals surface area contributed by atoms with Gasteiger partial charge in [-0.3, -0.25) is 0 Å². The lowest BCUT2D eigenvalue weighted by molar-refractivity contribution is 0.206. The average Bonchev–Trinajstić information content (AvgIpc) is 2.19. The molecule has 78 valence electrons. The lowest BCUT2D eigenvalue weighted by Crippen LogP contribution is -2.26. The standard InChI is InChI=1S/C14H22/c1-3-4-12-6-8-13-9-11(2)5-7-14(13)10-12/h3-5,7,11-14H,6,8-10H2,1-2H3/b4-3+/t11-,12+,13+,14-/m1/s1. The molecule has 0 nitrogen and oxygen atoms in total. The van der Waals surface area contributed by atoms with Crippen molar-refractivity contribution in [2.75, 3.05) is 0 Å². The van der Waals surface area contributed by atoms with Crippen LogP contribution in [0, 0.1) is 23.7 Å². The second kappa shape index (κ2) is 4.33. The van der Waals surface area contributed by atoms with E-state index >= 15 is 0 Å². The molecule has 0 amide bonds. The van der Waals surface area contributed by atoms with Gasteiger partial charge in [0.2, 0.25) is 0 Å². The van der Waals surface area contributed by atoms with Crippen LogP contribution in [0.25, 0.3) is 0 Å². The zero-order valence-electron chi connectivity index (χ0n) is 9.45. The van der Waals surface area contributed by atoms with Crippen molar-refractivity contribution in [2.24, 2.45) is 23.7 Å². The fourth-order valence-electron chi connectivity index (χ4n) is 3.17. The molecule has 1 fully saturated rings. The number of hydrogen-bond acceptors (Lipinski definition) is 0. The van der Waals surface area contributed by atoms with Crippen LogP contribution in [0.5, 0.6) is 0 Å². The van der Waals surface area contributed by atoms with Crippen molar-refractivity contribution in [1.82, 2.24) is 0 Å². The normalized spacial score (nSPS) is 42.7. The zero-order chi connectivity index (χ0) is 9.97. The Morgan fingerprint density at radius 1 is 1.14 bits per heavy atom. The molecule has 0 spiro atoms. The van der Waals surface area contributed by atoms with Crippen LogP contribution in [0.2, 0.25) is 0 Å². The molecular formula is C14H22. The number of rotatable bonds is 1. The predicted molar refractivity (Wildman–Crippen MR) is 62.1 cm³/mol. The van der Waals surface area contributed by atoms with Gasteiger partial charge in [0.15, 0.2) is 0 Å². The number of hydrogen-bond donors (Lipinski definition) is 0. The molecule has 0 aliphatic heterocycles. The van der Waals surface area contributed by atoms with Crippen LogP contribution in [-0.2, 0) is 0 Å². The fraction of sp³-hybridized carbons (Fsp3) is 0.714. The molecule has 0 aromatic rings. The van der Waals surface area contributed by atoms with Crippen LogP contribution in [0.1, 0.15) is 39.5 Å². The second-order valence-electron chi connectivity index (χ2n) is 5.12. The van der Waals surface area contributed by atoms with E-state index in [1.165, 1.54) is 25.7 Å². The number of fused-ring (bicyclic) bond motifs is 1. The van der Waals surface area contributed by atoms with E-state index in [0.717, 1.165) is 23.7 Å². The molecule has 2 rings (SSSR count). The minimum atomic E-state index is 0.828. The second-order valence-corrected chi connectivity index (χ2v) is 5.12. The van der Waals surface area contributed by atoms with E-state index < -0.39 is 0 Å². The van der Waals surface area contributed by atoms with Gasteiger partial charge in [-0.1, -0.05) is 31.2 Å². The average molecular weight is 190 g/mol. The van der Waals surface area contributed by atoms with Crippen molar-refractivity contribution < 1.29 is 0 Å². The molecule has 1 saturated carbocycles. The van der Waals surface area contributed by atoms with E-state index in [0.29, 0.717) is 0 Å². The third-order valence-electron chi connectivity index (χ3n) is 3.91. The van der Waals surface area contributed by atoms with Crippen LogP contribution in [0.3, 0.4) is 0 Å².